The van der Waals surface area contributed by atoms with Crippen LogP contribution in [-0.4, -0.2) is 42.5 Å². The summed E-state index contributed by atoms with van der Waals surface area (Å²) in [5.41, 5.74) is 1.91. The summed E-state index contributed by atoms with van der Waals surface area (Å²) in [6.45, 7) is 8.37. The number of hydrogen-bond acceptors (Lipinski definition) is 3. The van der Waals surface area contributed by atoms with Crippen LogP contribution in [0.4, 0.5) is 5.69 Å². The van der Waals surface area contributed by atoms with E-state index in [4.69, 9.17) is 4.74 Å². The molecule has 2 aliphatic heterocycles. The van der Waals surface area contributed by atoms with Gasteiger partial charge in [0.25, 0.3) is 0 Å². The molecule has 0 radical (unpaired) electrons. The summed E-state index contributed by atoms with van der Waals surface area (Å²) in [6.07, 6.45) is 2.63. The molecule has 0 bridgehead atoms. The van der Waals surface area contributed by atoms with Gasteiger partial charge in [-0.1, -0.05) is 13.0 Å². The van der Waals surface area contributed by atoms with Crippen molar-refractivity contribution < 1.29 is 14.3 Å². The molecule has 1 aromatic carbocycles. The third kappa shape index (κ3) is 4.14. The van der Waals surface area contributed by atoms with E-state index in [0.717, 1.165) is 42.9 Å². The van der Waals surface area contributed by atoms with Crippen LogP contribution in [0.2, 0.25) is 0 Å². The summed E-state index contributed by atoms with van der Waals surface area (Å²) >= 11 is 0. The van der Waals surface area contributed by atoms with Crippen LogP contribution in [0.1, 0.15) is 45.1 Å². The number of rotatable bonds is 3. The summed E-state index contributed by atoms with van der Waals surface area (Å²) in [5.74, 6) is 1.54. The molecule has 136 valence electrons. The van der Waals surface area contributed by atoms with E-state index in [2.05, 4.69) is 6.92 Å². The van der Waals surface area contributed by atoms with Gasteiger partial charge in [0.1, 0.15) is 11.9 Å². The summed E-state index contributed by atoms with van der Waals surface area (Å²) in [6, 6.07) is 5.88. The highest BCUT2D eigenvalue weighted by molar-refractivity contribution is 5.97. The minimum atomic E-state index is -0.0431. The Morgan fingerprint density at radius 1 is 1.12 bits per heavy atom. The molecule has 0 spiro atoms. The van der Waals surface area contributed by atoms with E-state index in [9.17, 15) is 9.59 Å². The molecule has 1 aromatic rings. The molecule has 1 unspecified atom stereocenters. The van der Waals surface area contributed by atoms with Crippen LogP contribution >= 0.6 is 0 Å². The minimum absolute atomic E-state index is 0.000674. The number of anilines is 1. The largest absolute Gasteiger partial charge is 0.487 e. The molecule has 2 aliphatic rings. The standard InChI is InChI=1S/C20H28N2O3/c1-14-8-10-21(11-9-14)19(23)6-7-20(24)22-13-16(3)25-18-5-4-15(2)12-17(18)22/h4-5,12,14,16H,6-11,13H2,1-3H3. The Hall–Kier alpha value is -2.04. The highest BCUT2D eigenvalue weighted by atomic mass is 16.5. The molecule has 0 aliphatic carbocycles. The fourth-order valence-corrected chi connectivity index (χ4v) is 3.55. The molecular weight excluding hydrogens is 316 g/mol. The van der Waals surface area contributed by atoms with Gasteiger partial charge in [0.2, 0.25) is 11.8 Å². The van der Waals surface area contributed by atoms with Crippen molar-refractivity contribution in [2.24, 2.45) is 5.92 Å². The molecule has 1 saturated heterocycles. The summed E-state index contributed by atoms with van der Waals surface area (Å²) in [7, 11) is 0. The maximum absolute atomic E-state index is 12.8. The number of hydrogen-bond donors (Lipinski definition) is 0. The van der Waals surface area contributed by atoms with Crippen LogP contribution < -0.4 is 9.64 Å². The first-order chi connectivity index (χ1) is 11.9. The van der Waals surface area contributed by atoms with Gasteiger partial charge in [0.05, 0.1) is 12.2 Å². The number of piperidine rings is 1. The Kier molecular flexibility index (Phi) is 5.30. The lowest BCUT2D eigenvalue weighted by molar-refractivity contribution is -0.134. The number of amides is 2. The van der Waals surface area contributed by atoms with Crippen LogP contribution in [0, 0.1) is 12.8 Å². The van der Waals surface area contributed by atoms with Gasteiger partial charge in [-0.05, 0) is 50.3 Å². The molecule has 2 amide bonds. The van der Waals surface area contributed by atoms with Gasteiger partial charge in [-0.2, -0.15) is 0 Å². The molecule has 1 fully saturated rings. The SMILES string of the molecule is Cc1ccc2c(c1)N(C(=O)CCC(=O)N1CCC(C)CC1)CC(C)O2. The van der Waals surface area contributed by atoms with Gasteiger partial charge < -0.3 is 14.5 Å². The van der Waals surface area contributed by atoms with E-state index in [1.165, 1.54) is 0 Å². The third-order valence-corrected chi connectivity index (χ3v) is 5.16. The molecule has 0 aromatic heterocycles. The van der Waals surface area contributed by atoms with Crippen molar-refractivity contribution in [1.82, 2.24) is 4.90 Å². The number of carbonyl (C=O) groups excluding carboxylic acids is 2. The minimum Gasteiger partial charge on any atom is -0.487 e. The molecule has 1 atom stereocenters. The second-order valence-electron chi connectivity index (χ2n) is 7.47. The molecule has 3 rings (SSSR count). The molecule has 0 saturated carbocycles. The quantitative estimate of drug-likeness (QED) is 0.846. The fourth-order valence-electron chi connectivity index (χ4n) is 3.55. The van der Waals surface area contributed by atoms with E-state index >= 15 is 0 Å². The number of fused-ring (bicyclic) bond motifs is 1. The predicted octanol–water partition coefficient (Wildman–Crippen LogP) is 3.15. The zero-order valence-electron chi connectivity index (χ0n) is 15.5. The van der Waals surface area contributed by atoms with Crippen LogP contribution in [-0.2, 0) is 9.59 Å². The van der Waals surface area contributed by atoms with Crippen molar-refractivity contribution in [3.05, 3.63) is 23.8 Å². The summed E-state index contributed by atoms with van der Waals surface area (Å²) in [5, 5.41) is 0. The topological polar surface area (TPSA) is 49.9 Å². The Balaban J connectivity index is 1.62. The van der Waals surface area contributed by atoms with Gasteiger partial charge in [-0.25, -0.2) is 0 Å². The fraction of sp³-hybridized carbons (Fsp3) is 0.600. The molecule has 0 N–H and O–H groups in total. The number of benzene rings is 1. The Morgan fingerprint density at radius 3 is 2.52 bits per heavy atom. The predicted molar refractivity (Wildman–Crippen MR) is 97.8 cm³/mol. The zero-order chi connectivity index (χ0) is 18.0. The normalized spacial score (nSPS) is 20.8. The van der Waals surface area contributed by atoms with Gasteiger partial charge in [0.15, 0.2) is 0 Å². The van der Waals surface area contributed by atoms with Crippen LogP contribution in [0.3, 0.4) is 0 Å². The Bertz CT molecular complexity index is 650. The molecule has 5 heteroatoms. The van der Waals surface area contributed by atoms with Crippen molar-refractivity contribution in [2.75, 3.05) is 24.5 Å². The zero-order valence-corrected chi connectivity index (χ0v) is 15.5. The van der Waals surface area contributed by atoms with E-state index in [1.807, 2.05) is 36.9 Å². The summed E-state index contributed by atoms with van der Waals surface area (Å²) in [4.78, 5) is 28.8. The van der Waals surface area contributed by atoms with E-state index < -0.39 is 0 Å². The number of aryl methyl sites for hydroxylation is 1. The van der Waals surface area contributed by atoms with Crippen molar-refractivity contribution in [3.63, 3.8) is 0 Å². The lowest BCUT2D eigenvalue weighted by Crippen LogP contribution is -2.43. The van der Waals surface area contributed by atoms with Crippen molar-refractivity contribution >= 4 is 17.5 Å². The average molecular weight is 344 g/mol. The van der Waals surface area contributed by atoms with E-state index in [1.54, 1.807) is 4.90 Å². The third-order valence-electron chi connectivity index (χ3n) is 5.16. The second kappa shape index (κ2) is 7.46. The molecular formula is C20H28N2O3. The molecule has 2 heterocycles. The highest BCUT2D eigenvalue weighted by Gasteiger charge is 2.28. The second-order valence-corrected chi connectivity index (χ2v) is 7.47. The number of carbonyl (C=O) groups is 2. The van der Waals surface area contributed by atoms with Crippen LogP contribution in [0.15, 0.2) is 18.2 Å². The average Bonchev–Trinajstić information content (AvgIpc) is 2.59. The number of ether oxygens (including phenoxy) is 1. The summed E-state index contributed by atoms with van der Waals surface area (Å²) < 4.78 is 5.83. The van der Waals surface area contributed by atoms with E-state index in [0.29, 0.717) is 18.9 Å². The smallest absolute Gasteiger partial charge is 0.227 e. The van der Waals surface area contributed by atoms with Crippen LogP contribution in [0.5, 0.6) is 5.75 Å². The van der Waals surface area contributed by atoms with Gasteiger partial charge in [0, 0.05) is 25.9 Å². The van der Waals surface area contributed by atoms with Crippen LogP contribution in [0.25, 0.3) is 0 Å². The lowest BCUT2D eigenvalue weighted by atomic mass is 9.99. The maximum atomic E-state index is 12.8. The maximum Gasteiger partial charge on any atom is 0.227 e. The van der Waals surface area contributed by atoms with Crippen molar-refractivity contribution in [1.29, 1.82) is 0 Å². The highest BCUT2D eigenvalue weighted by Crippen LogP contribution is 2.34. The van der Waals surface area contributed by atoms with Crippen molar-refractivity contribution in [2.45, 2.75) is 52.6 Å². The molecule has 5 nitrogen and oxygen atoms in total. The van der Waals surface area contributed by atoms with E-state index in [-0.39, 0.29) is 24.3 Å². The first kappa shape index (κ1) is 17.8. The first-order valence-corrected chi connectivity index (χ1v) is 9.29. The Morgan fingerprint density at radius 2 is 1.80 bits per heavy atom. The number of likely N-dealkylation sites (tertiary alicyclic amines) is 1. The Labute approximate surface area is 149 Å². The first-order valence-electron chi connectivity index (χ1n) is 9.29. The van der Waals surface area contributed by atoms with Gasteiger partial charge in [-0.3, -0.25) is 9.59 Å². The monoisotopic (exact) mass is 344 g/mol. The molecule has 25 heavy (non-hydrogen) atoms. The van der Waals surface area contributed by atoms with Gasteiger partial charge in [-0.15, -0.1) is 0 Å². The van der Waals surface area contributed by atoms with Crippen molar-refractivity contribution in [3.8, 4) is 5.75 Å². The van der Waals surface area contributed by atoms with Gasteiger partial charge >= 0.3 is 0 Å². The lowest BCUT2D eigenvalue weighted by Gasteiger charge is -2.34. The number of nitrogens with zero attached hydrogens (tertiary/aromatic N) is 2.